The maximum atomic E-state index is 11.8. The Morgan fingerprint density at radius 1 is 1.40 bits per heavy atom. The van der Waals surface area contributed by atoms with Crippen LogP contribution in [0.5, 0.6) is 0 Å². The third-order valence-electron chi connectivity index (χ3n) is 2.26. The highest BCUT2D eigenvalue weighted by molar-refractivity contribution is 7.89. The summed E-state index contributed by atoms with van der Waals surface area (Å²) in [6.45, 7) is 3.85. The Labute approximate surface area is 89.1 Å². The van der Waals surface area contributed by atoms with Gasteiger partial charge in [-0.3, -0.25) is 9.71 Å². The zero-order valence-corrected chi connectivity index (χ0v) is 9.38. The molecular weight excluding hydrogens is 212 g/mol. The lowest BCUT2D eigenvalue weighted by Crippen LogP contribution is -2.24. The average molecular weight is 224 g/mol. The lowest BCUT2D eigenvalue weighted by atomic mass is 10.1. The van der Waals surface area contributed by atoms with E-state index < -0.39 is 10.0 Å². The van der Waals surface area contributed by atoms with E-state index in [1.54, 1.807) is 18.3 Å². The molecule has 0 bridgehead atoms. The van der Waals surface area contributed by atoms with Gasteiger partial charge in [0.05, 0.1) is 5.69 Å². The fraction of sp³-hybridized carbons (Fsp3) is 0.300. The Morgan fingerprint density at radius 2 is 2.13 bits per heavy atom. The summed E-state index contributed by atoms with van der Waals surface area (Å²) >= 11 is 0. The molecule has 1 aromatic heterocycles. The van der Waals surface area contributed by atoms with Crippen molar-refractivity contribution in [2.75, 3.05) is 0 Å². The molecule has 0 aromatic carbocycles. The monoisotopic (exact) mass is 224 g/mol. The molecule has 1 aliphatic heterocycles. The van der Waals surface area contributed by atoms with Gasteiger partial charge in [-0.1, -0.05) is 13.8 Å². The van der Waals surface area contributed by atoms with Crippen molar-refractivity contribution in [1.82, 2.24) is 9.71 Å². The number of aromatic nitrogens is 1. The minimum atomic E-state index is -3.42. The quantitative estimate of drug-likeness (QED) is 0.785. The second-order valence-electron chi connectivity index (χ2n) is 3.72. The van der Waals surface area contributed by atoms with Crippen LogP contribution >= 0.6 is 0 Å². The summed E-state index contributed by atoms with van der Waals surface area (Å²) in [4.78, 5) is 4.44. The Balaban J connectivity index is 2.78. The summed E-state index contributed by atoms with van der Waals surface area (Å²) in [5.74, 6) is 0.0861. The highest BCUT2D eigenvalue weighted by Crippen LogP contribution is 2.27. The van der Waals surface area contributed by atoms with E-state index in [0.29, 0.717) is 16.2 Å². The van der Waals surface area contributed by atoms with E-state index in [9.17, 15) is 8.42 Å². The number of fused-ring (bicyclic) bond motifs is 1. The molecule has 80 valence electrons. The first-order valence-corrected chi connectivity index (χ1v) is 6.18. The van der Waals surface area contributed by atoms with Crippen LogP contribution in [-0.4, -0.2) is 13.4 Å². The highest BCUT2D eigenvalue weighted by atomic mass is 32.2. The lowest BCUT2D eigenvalue weighted by Gasteiger charge is -2.17. The van der Waals surface area contributed by atoms with Crippen molar-refractivity contribution >= 4 is 16.1 Å². The summed E-state index contributed by atoms with van der Waals surface area (Å²) in [6, 6.07) is 1.70. The van der Waals surface area contributed by atoms with Gasteiger partial charge in [0, 0.05) is 12.4 Å². The second-order valence-corrected chi connectivity index (χ2v) is 5.37. The van der Waals surface area contributed by atoms with Gasteiger partial charge in [-0.05, 0) is 23.6 Å². The maximum absolute atomic E-state index is 11.8. The molecule has 0 amide bonds. The highest BCUT2D eigenvalue weighted by Gasteiger charge is 2.25. The molecule has 2 heterocycles. The van der Waals surface area contributed by atoms with Crippen LogP contribution in [0.2, 0.25) is 0 Å². The van der Waals surface area contributed by atoms with Crippen molar-refractivity contribution < 1.29 is 8.42 Å². The van der Waals surface area contributed by atoms with E-state index in [1.807, 2.05) is 13.8 Å². The smallest absolute Gasteiger partial charge is 0.263 e. The fourth-order valence-corrected chi connectivity index (χ4v) is 2.96. The molecule has 0 radical (unpaired) electrons. The first-order valence-electron chi connectivity index (χ1n) is 4.70. The van der Waals surface area contributed by atoms with Crippen LogP contribution in [0.15, 0.2) is 23.4 Å². The van der Waals surface area contributed by atoms with Gasteiger partial charge in [-0.15, -0.1) is 0 Å². The summed E-state index contributed by atoms with van der Waals surface area (Å²) in [6.07, 6.45) is 4.81. The number of hydrogen-bond donors (Lipinski definition) is 1. The van der Waals surface area contributed by atoms with Gasteiger partial charge in [0.25, 0.3) is 10.0 Å². The van der Waals surface area contributed by atoms with Crippen molar-refractivity contribution in [2.45, 2.75) is 24.7 Å². The van der Waals surface area contributed by atoms with Crippen LogP contribution in [-0.2, 0) is 10.0 Å². The van der Waals surface area contributed by atoms with Crippen LogP contribution < -0.4 is 4.72 Å². The van der Waals surface area contributed by atoms with Gasteiger partial charge in [-0.2, -0.15) is 0 Å². The number of rotatable bonds is 1. The zero-order chi connectivity index (χ0) is 11.1. The Kier molecular flexibility index (Phi) is 2.26. The normalized spacial score (nSPS) is 17.3. The molecule has 0 saturated carbocycles. The van der Waals surface area contributed by atoms with Gasteiger partial charge in [-0.25, -0.2) is 8.42 Å². The van der Waals surface area contributed by atoms with Crippen LogP contribution in [0.1, 0.15) is 31.0 Å². The molecule has 15 heavy (non-hydrogen) atoms. The van der Waals surface area contributed by atoms with Crippen molar-refractivity contribution in [3.63, 3.8) is 0 Å². The SMILES string of the molecule is CC(C)c1nccc2c1S(=O)(=O)NC=C2. The van der Waals surface area contributed by atoms with E-state index >= 15 is 0 Å². The molecule has 0 fully saturated rings. The van der Waals surface area contributed by atoms with Crippen molar-refractivity contribution in [3.05, 3.63) is 29.7 Å². The van der Waals surface area contributed by atoms with Gasteiger partial charge < -0.3 is 0 Å². The van der Waals surface area contributed by atoms with Crippen molar-refractivity contribution in [3.8, 4) is 0 Å². The predicted molar refractivity (Wildman–Crippen MR) is 57.7 cm³/mol. The topological polar surface area (TPSA) is 59.1 Å². The maximum Gasteiger partial charge on any atom is 0.263 e. The van der Waals surface area contributed by atoms with Crippen LogP contribution in [0.3, 0.4) is 0 Å². The van der Waals surface area contributed by atoms with Gasteiger partial charge in [0.2, 0.25) is 0 Å². The van der Waals surface area contributed by atoms with E-state index in [0.717, 1.165) is 0 Å². The Bertz CT molecular complexity index is 518. The number of nitrogens with zero attached hydrogens (tertiary/aromatic N) is 1. The van der Waals surface area contributed by atoms with Gasteiger partial charge in [0.15, 0.2) is 0 Å². The summed E-state index contributed by atoms with van der Waals surface area (Å²) < 4.78 is 26.0. The van der Waals surface area contributed by atoms with Gasteiger partial charge >= 0.3 is 0 Å². The number of nitrogens with one attached hydrogen (secondary N) is 1. The average Bonchev–Trinajstić information content (AvgIpc) is 2.16. The second kappa shape index (κ2) is 3.34. The third-order valence-corrected chi connectivity index (χ3v) is 3.69. The minimum absolute atomic E-state index is 0.0861. The standard InChI is InChI=1S/C10H12N2O2S/c1-7(2)9-10-8(3-5-11-9)4-6-12-15(10,13)14/h3-7,12H,1-2H3. The molecule has 1 aliphatic rings. The van der Waals surface area contributed by atoms with Crippen LogP contribution in [0.4, 0.5) is 0 Å². The molecule has 0 unspecified atom stereocenters. The molecule has 0 spiro atoms. The molecular formula is C10H12N2O2S. The first-order chi connectivity index (χ1) is 7.02. The molecule has 0 atom stereocenters. The number of hydrogen-bond acceptors (Lipinski definition) is 3. The van der Waals surface area contributed by atoms with E-state index in [4.69, 9.17) is 0 Å². The van der Waals surface area contributed by atoms with Crippen molar-refractivity contribution in [1.29, 1.82) is 0 Å². The largest absolute Gasteiger partial charge is 0.286 e. The summed E-state index contributed by atoms with van der Waals surface area (Å²) in [5.41, 5.74) is 1.32. The lowest BCUT2D eigenvalue weighted by molar-refractivity contribution is 0.586. The van der Waals surface area contributed by atoms with Crippen LogP contribution in [0.25, 0.3) is 6.08 Å². The molecule has 2 rings (SSSR count). The molecule has 1 N–H and O–H groups in total. The van der Waals surface area contributed by atoms with E-state index in [1.165, 1.54) is 6.20 Å². The zero-order valence-electron chi connectivity index (χ0n) is 8.56. The fourth-order valence-electron chi connectivity index (χ4n) is 1.59. The molecule has 0 saturated heterocycles. The Morgan fingerprint density at radius 3 is 2.80 bits per heavy atom. The van der Waals surface area contributed by atoms with Crippen molar-refractivity contribution in [2.24, 2.45) is 0 Å². The molecule has 0 aliphatic carbocycles. The van der Waals surface area contributed by atoms with Gasteiger partial charge in [0.1, 0.15) is 4.90 Å². The molecule has 1 aromatic rings. The molecule has 5 heteroatoms. The summed E-state index contributed by atoms with van der Waals surface area (Å²) in [7, 11) is -3.42. The predicted octanol–water partition coefficient (Wildman–Crippen LogP) is 1.47. The van der Waals surface area contributed by atoms with E-state index in [2.05, 4.69) is 9.71 Å². The number of sulfonamides is 1. The first kappa shape index (κ1) is 10.2. The van der Waals surface area contributed by atoms with Crippen LogP contribution in [0, 0.1) is 0 Å². The minimum Gasteiger partial charge on any atom is -0.286 e. The molecule has 4 nitrogen and oxygen atoms in total. The van der Waals surface area contributed by atoms with E-state index in [-0.39, 0.29) is 5.92 Å². The Hall–Kier alpha value is -1.36. The summed E-state index contributed by atoms with van der Waals surface area (Å²) in [5, 5.41) is 0. The number of pyridine rings is 1. The third kappa shape index (κ3) is 1.63.